The summed E-state index contributed by atoms with van der Waals surface area (Å²) in [6.45, 7) is 3.59. The molecule has 1 rings (SSSR count). The van der Waals surface area contributed by atoms with Gasteiger partial charge < -0.3 is 15.7 Å². The number of carbonyl (C=O) groups excluding carboxylic acids is 2. The maximum absolute atomic E-state index is 13.3. The van der Waals surface area contributed by atoms with Crippen molar-refractivity contribution in [3.8, 4) is 0 Å². The fourth-order valence-corrected chi connectivity index (χ4v) is 1.66. The molecule has 0 aliphatic heterocycles. The van der Waals surface area contributed by atoms with Crippen LogP contribution in [0.4, 0.5) is 10.1 Å². The number of amides is 2. The molecule has 0 aliphatic carbocycles. The van der Waals surface area contributed by atoms with Crippen LogP contribution in [0, 0.1) is 11.7 Å². The molecule has 2 amide bonds. The van der Waals surface area contributed by atoms with Crippen molar-refractivity contribution in [1.29, 1.82) is 0 Å². The van der Waals surface area contributed by atoms with Gasteiger partial charge in [-0.1, -0.05) is 26.0 Å². The second-order valence-electron chi connectivity index (χ2n) is 4.93. The number of nitrogens with one attached hydrogen (secondary N) is 2. The van der Waals surface area contributed by atoms with E-state index in [1.54, 1.807) is 13.8 Å². The van der Waals surface area contributed by atoms with Crippen LogP contribution in [0.1, 0.15) is 20.3 Å². The molecular weight excluding hydrogens is 279 g/mol. The predicted octanol–water partition coefficient (Wildman–Crippen LogP) is 1.38. The summed E-state index contributed by atoms with van der Waals surface area (Å²) in [7, 11) is 0. The van der Waals surface area contributed by atoms with Crippen LogP contribution in [0.2, 0.25) is 0 Å². The minimum atomic E-state index is -1.23. The zero-order valence-corrected chi connectivity index (χ0v) is 11.7. The van der Waals surface area contributed by atoms with Gasteiger partial charge in [0.15, 0.2) is 0 Å². The lowest BCUT2D eigenvalue weighted by Crippen LogP contribution is -2.46. The van der Waals surface area contributed by atoms with Crippen LogP contribution in [0.5, 0.6) is 0 Å². The monoisotopic (exact) mass is 296 g/mol. The van der Waals surface area contributed by atoms with E-state index in [-0.39, 0.29) is 18.0 Å². The van der Waals surface area contributed by atoms with Crippen molar-refractivity contribution >= 4 is 23.5 Å². The molecule has 1 aromatic rings. The number of carboxylic acids is 1. The fraction of sp³-hybridized carbons (Fsp3) is 0.357. The van der Waals surface area contributed by atoms with Gasteiger partial charge in [-0.05, 0) is 24.5 Å². The Kier molecular flexibility index (Phi) is 5.83. The van der Waals surface area contributed by atoms with Crippen molar-refractivity contribution in [1.82, 2.24) is 5.32 Å². The molecule has 0 heterocycles. The third-order valence-corrected chi connectivity index (χ3v) is 2.64. The first-order valence-electron chi connectivity index (χ1n) is 6.40. The van der Waals surface area contributed by atoms with Crippen LogP contribution >= 0.6 is 0 Å². The minimum Gasteiger partial charge on any atom is -0.480 e. The van der Waals surface area contributed by atoms with Crippen LogP contribution in [0.3, 0.4) is 0 Å². The Balaban J connectivity index is 2.68. The van der Waals surface area contributed by atoms with Gasteiger partial charge >= 0.3 is 17.8 Å². The van der Waals surface area contributed by atoms with E-state index >= 15 is 0 Å². The summed E-state index contributed by atoms with van der Waals surface area (Å²) in [6.07, 6.45) is 0.189. The molecular formula is C14H17FN2O4. The van der Waals surface area contributed by atoms with Crippen LogP contribution in [-0.2, 0) is 14.4 Å². The topological polar surface area (TPSA) is 95.5 Å². The van der Waals surface area contributed by atoms with Crippen molar-refractivity contribution in [2.24, 2.45) is 5.92 Å². The average molecular weight is 296 g/mol. The zero-order valence-electron chi connectivity index (χ0n) is 11.7. The number of rotatable bonds is 5. The molecule has 0 unspecified atom stereocenters. The van der Waals surface area contributed by atoms with Gasteiger partial charge in [-0.15, -0.1) is 0 Å². The molecule has 6 nitrogen and oxygen atoms in total. The van der Waals surface area contributed by atoms with E-state index in [0.29, 0.717) is 0 Å². The number of aliphatic carboxylic acids is 1. The lowest BCUT2D eigenvalue weighted by molar-refractivity contribution is -0.144. The Labute approximate surface area is 121 Å². The highest BCUT2D eigenvalue weighted by Gasteiger charge is 2.24. The molecule has 0 saturated heterocycles. The highest BCUT2D eigenvalue weighted by atomic mass is 19.1. The van der Waals surface area contributed by atoms with E-state index in [4.69, 9.17) is 5.11 Å². The molecule has 3 N–H and O–H groups in total. The molecule has 0 radical (unpaired) electrons. The first-order valence-corrected chi connectivity index (χ1v) is 6.40. The minimum absolute atomic E-state index is 0.0287. The quantitative estimate of drug-likeness (QED) is 0.715. The SMILES string of the molecule is CC(C)C[C@H](NC(=O)C(=O)Nc1ccccc1F)C(=O)O. The van der Waals surface area contributed by atoms with Gasteiger partial charge in [0, 0.05) is 0 Å². The van der Waals surface area contributed by atoms with Crippen LogP contribution in [0.25, 0.3) is 0 Å². The van der Waals surface area contributed by atoms with E-state index in [1.165, 1.54) is 18.2 Å². The molecule has 1 aromatic carbocycles. The number of halogens is 1. The summed E-state index contributed by atoms with van der Waals surface area (Å²) in [5.41, 5.74) is -0.145. The molecule has 0 bridgehead atoms. The molecule has 1 atom stereocenters. The van der Waals surface area contributed by atoms with Gasteiger partial charge in [-0.25, -0.2) is 9.18 Å². The summed E-state index contributed by atoms with van der Waals surface area (Å²) < 4.78 is 13.3. The highest BCUT2D eigenvalue weighted by Crippen LogP contribution is 2.12. The predicted molar refractivity (Wildman–Crippen MR) is 74.1 cm³/mol. The fourth-order valence-electron chi connectivity index (χ4n) is 1.66. The molecule has 0 aliphatic rings. The molecule has 0 fully saturated rings. The second-order valence-corrected chi connectivity index (χ2v) is 4.93. The number of anilines is 1. The van der Waals surface area contributed by atoms with Crippen molar-refractivity contribution in [2.45, 2.75) is 26.3 Å². The van der Waals surface area contributed by atoms with Gasteiger partial charge in [0.1, 0.15) is 11.9 Å². The van der Waals surface area contributed by atoms with Crippen LogP contribution < -0.4 is 10.6 Å². The maximum atomic E-state index is 13.3. The Morgan fingerprint density at radius 2 is 1.81 bits per heavy atom. The van der Waals surface area contributed by atoms with Crippen molar-refractivity contribution in [3.05, 3.63) is 30.1 Å². The Bertz CT molecular complexity index is 546. The largest absolute Gasteiger partial charge is 0.480 e. The van der Waals surface area contributed by atoms with E-state index in [2.05, 4.69) is 10.6 Å². The summed E-state index contributed by atoms with van der Waals surface area (Å²) in [6, 6.07) is 4.20. The average Bonchev–Trinajstić information content (AvgIpc) is 2.39. The Morgan fingerprint density at radius 3 is 2.33 bits per heavy atom. The number of hydrogen-bond acceptors (Lipinski definition) is 3. The lowest BCUT2D eigenvalue weighted by atomic mass is 10.0. The van der Waals surface area contributed by atoms with Crippen molar-refractivity contribution in [2.75, 3.05) is 5.32 Å². The number of para-hydroxylation sites is 1. The summed E-state index contributed by atoms with van der Waals surface area (Å²) in [5, 5.41) is 13.2. The van der Waals surface area contributed by atoms with Gasteiger partial charge in [0.05, 0.1) is 5.69 Å². The van der Waals surface area contributed by atoms with Crippen molar-refractivity contribution in [3.63, 3.8) is 0 Å². The molecule has 0 saturated carbocycles. The second kappa shape index (κ2) is 7.37. The lowest BCUT2D eigenvalue weighted by Gasteiger charge is -2.16. The van der Waals surface area contributed by atoms with E-state index in [0.717, 1.165) is 6.07 Å². The van der Waals surface area contributed by atoms with Gasteiger partial charge in [-0.2, -0.15) is 0 Å². The number of benzene rings is 1. The standard InChI is InChI=1S/C14H17FN2O4/c1-8(2)7-11(14(20)21)17-13(19)12(18)16-10-6-4-3-5-9(10)15/h3-6,8,11H,7H2,1-2H3,(H,16,18)(H,17,19)(H,20,21)/t11-/m0/s1. The van der Waals surface area contributed by atoms with Crippen LogP contribution in [0.15, 0.2) is 24.3 Å². The summed E-state index contributed by atoms with van der Waals surface area (Å²) in [4.78, 5) is 34.3. The molecule has 0 aromatic heterocycles. The third-order valence-electron chi connectivity index (χ3n) is 2.64. The van der Waals surface area contributed by atoms with E-state index in [9.17, 15) is 18.8 Å². The van der Waals surface area contributed by atoms with Crippen molar-refractivity contribution < 1.29 is 23.9 Å². The Hall–Kier alpha value is -2.44. The zero-order chi connectivity index (χ0) is 16.0. The number of carbonyl (C=O) groups is 3. The van der Waals surface area contributed by atoms with E-state index < -0.39 is 29.6 Å². The maximum Gasteiger partial charge on any atom is 0.326 e. The van der Waals surface area contributed by atoms with Gasteiger partial charge in [-0.3, -0.25) is 9.59 Å². The first-order chi connectivity index (χ1) is 9.81. The molecule has 21 heavy (non-hydrogen) atoms. The highest BCUT2D eigenvalue weighted by molar-refractivity contribution is 6.40. The van der Waals surface area contributed by atoms with Gasteiger partial charge in [0.25, 0.3) is 0 Å². The smallest absolute Gasteiger partial charge is 0.326 e. The third kappa shape index (κ3) is 5.21. The van der Waals surface area contributed by atoms with E-state index in [1.807, 2.05) is 0 Å². The van der Waals surface area contributed by atoms with Crippen LogP contribution in [-0.4, -0.2) is 28.9 Å². The first kappa shape index (κ1) is 16.6. The number of carboxylic acid groups (broad SMARTS) is 1. The summed E-state index contributed by atoms with van der Waals surface area (Å²) >= 11 is 0. The Morgan fingerprint density at radius 1 is 1.19 bits per heavy atom. The normalized spacial score (nSPS) is 11.8. The molecule has 7 heteroatoms. The molecule has 114 valence electrons. The molecule has 0 spiro atoms. The number of hydrogen-bond donors (Lipinski definition) is 3. The van der Waals surface area contributed by atoms with Gasteiger partial charge in [0.2, 0.25) is 0 Å². The summed E-state index contributed by atoms with van der Waals surface area (Å²) in [5.74, 6) is -4.12.